The third-order valence-corrected chi connectivity index (χ3v) is 7.33. The number of aliphatic carboxylic acids is 2. The molecule has 39 heavy (non-hydrogen) atoms. The van der Waals surface area contributed by atoms with Crippen LogP contribution in [0.1, 0.15) is 22.8 Å². The topological polar surface area (TPSA) is 195 Å². The summed E-state index contributed by atoms with van der Waals surface area (Å²) in [5, 5.41) is 33.9. The summed E-state index contributed by atoms with van der Waals surface area (Å²) >= 11 is 0. The highest BCUT2D eigenvalue weighted by molar-refractivity contribution is 7.89. The summed E-state index contributed by atoms with van der Waals surface area (Å²) in [7, 11) is -3.68. The van der Waals surface area contributed by atoms with Gasteiger partial charge in [0.1, 0.15) is 18.5 Å². The second-order valence-corrected chi connectivity index (χ2v) is 10.1. The van der Waals surface area contributed by atoms with Crippen LogP contribution in [0.5, 0.6) is 5.75 Å². The van der Waals surface area contributed by atoms with E-state index in [2.05, 4.69) is 0 Å². The number of carbonyl (C=O) groups is 3. The number of ether oxygens (including phenoxy) is 2. The van der Waals surface area contributed by atoms with Crippen LogP contribution < -0.4 is 4.74 Å². The Balaban J connectivity index is 0.000000798. The maximum atomic E-state index is 12.9. The van der Waals surface area contributed by atoms with Crippen LogP contribution in [0.4, 0.5) is 0 Å². The van der Waals surface area contributed by atoms with E-state index < -0.39 is 34.0 Å². The number of esters is 1. The van der Waals surface area contributed by atoms with Gasteiger partial charge in [-0.1, -0.05) is 0 Å². The molecule has 1 aliphatic heterocycles. The average Bonchev–Trinajstić information content (AvgIpc) is 2.93. The van der Waals surface area contributed by atoms with Gasteiger partial charge in [0, 0.05) is 32.7 Å². The highest BCUT2D eigenvalue weighted by atomic mass is 32.2. The number of hydrogen-bond donors (Lipinski definition) is 3. The van der Waals surface area contributed by atoms with Gasteiger partial charge in [-0.2, -0.15) is 9.57 Å². The molecular formula is C25H29N3O10S. The van der Waals surface area contributed by atoms with Crippen LogP contribution in [0.2, 0.25) is 0 Å². The van der Waals surface area contributed by atoms with Crippen molar-refractivity contribution in [2.24, 2.45) is 0 Å². The fraction of sp³-hybridized carbons (Fsp3) is 0.360. The van der Waals surface area contributed by atoms with E-state index in [-0.39, 0.29) is 18.1 Å². The molecular weight excluding hydrogens is 534 g/mol. The second-order valence-electron chi connectivity index (χ2n) is 8.16. The summed E-state index contributed by atoms with van der Waals surface area (Å²) in [4.78, 5) is 32.1. The number of benzene rings is 2. The molecule has 2 aromatic rings. The molecule has 0 aromatic heterocycles. The van der Waals surface area contributed by atoms with E-state index >= 15 is 0 Å². The van der Waals surface area contributed by atoms with Crippen LogP contribution in [0, 0.1) is 11.3 Å². The van der Waals surface area contributed by atoms with E-state index in [1.807, 2.05) is 11.0 Å². The predicted molar refractivity (Wildman–Crippen MR) is 136 cm³/mol. The summed E-state index contributed by atoms with van der Waals surface area (Å²) in [5.74, 6) is -3.57. The van der Waals surface area contributed by atoms with Gasteiger partial charge in [0.15, 0.2) is 0 Å². The largest absolute Gasteiger partial charge is 0.491 e. The molecule has 0 aliphatic carbocycles. The van der Waals surface area contributed by atoms with E-state index in [9.17, 15) is 18.3 Å². The number of hydrogen-bond acceptors (Lipinski definition) is 10. The standard InChI is InChI=1S/C23H27N3O6S.C2H2O4/c1-2-31-23(28)19-5-9-22(10-6-19)33(29,30)26-13-11-25(12-14-26)16-20(27)17-32-21-7-3-18(15-24)4-8-21;3-1(4)2(5)6/h3-10,20,27H,2,11-14,16-17H2,1H3;(H,3,4)(H,5,6). The number of aliphatic hydroxyl groups is 1. The number of sulfonamides is 1. The summed E-state index contributed by atoms with van der Waals surface area (Å²) < 4.78 is 37.7. The van der Waals surface area contributed by atoms with Gasteiger partial charge in [-0.15, -0.1) is 0 Å². The maximum absolute atomic E-state index is 12.9. The van der Waals surface area contributed by atoms with Crippen molar-refractivity contribution in [2.45, 2.75) is 17.9 Å². The first-order valence-corrected chi connectivity index (χ1v) is 13.2. The third-order valence-electron chi connectivity index (χ3n) is 5.41. The Hall–Kier alpha value is -4.03. The second kappa shape index (κ2) is 14.8. The number of piperazine rings is 1. The van der Waals surface area contributed by atoms with Crippen molar-refractivity contribution in [3.05, 3.63) is 59.7 Å². The quantitative estimate of drug-likeness (QED) is 0.285. The van der Waals surface area contributed by atoms with Crippen molar-refractivity contribution >= 4 is 27.9 Å². The lowest BCUT2D eigenvalue weighted by Gasteiger charge is -2.34. The number of carbonyl (C=O) groups excluding carboxylic acids is 1. The number of carboxylic acids is 2. The molecule has 0 bridgehead atoms. The number of nitrogens with zero attached hydrogens (tertiary/aromatic N) is 3. The van der Waals surface area contributed by atoms with E-state index in [0.717, 1.165) is 0 Å². The Morgan fingerprint density at radius 3 is 2.03 bits per heavy atom. The van der Waals surface area contributed by atoms with Crippen LogP contribution in [0.15, 0.2) is 53.4 Å². The molecule has 2 aromatic carbocycles. The van der Waals surface area contributed by atoms with E-state index in [0.29, 0.717) is 49.6 Å². The van der Waals surface area contributed by atoms with Gasteiger partial charge >= 0.3 is 17.9 Å². The molecule has 0 amide bonds. The maximum Gasteiger partial charge on any atom is 0.414 e. The van der Waals surface area contributed by atoms with Crippen molar-refractivity contribution in [3.8, 4) is 11.8 Å². The lowest BCUT2D eigenvalue weighted by molar-refractivity contribution is -0.159. The molecule has 1 fully saturated rings. The first-order valence-electron chi connectivity index (χ1n) is 11.7. The van der Waals surface area contributed by atoms with Gasteiger partial charge in [0.05, 0.1) is 28.7 Å². The Morgan fingerprint density at radius 1 is 0.974 bits per heavy atom. The molecule has 1 aliphatic rings. The van der Waals surface area contributed by atoms with Crippen molar-refractivity contribution in [2.75, 3.05) is 45.9 Å². The molecule has 13 nitrogen and oxygen atoms in total. The van der Waals surface area contributed by atoms with E-state index in [4.69, 9.17) is 34.5 Å². The molecule has 3 rings (SSSR count). The van der Waals surface area contributed by atoms with Crippen molar-refractivity contribution < 1.29 is 47.6 Å². The first-order chi connectivity index (χ1) is 18.5. The van der Waals surface area contributed by atoms with Gasteiger partial charge in [0.2, 0.25) is 10.0 Å². The number of nitriles is 1. The normalized spacial score (nSPS) is 14.7. The van der Waals surface area contributed by atoms with E-state index in [1.165, 1.54) is 28.6 Å². The average molecular weight is 564 g/mol. The number of aliphatic hydroxyl groups excluding tert-OH is 1. The molecule has 14 heteroatoms. The predicted octanol–water partition coefficient (Wildman–Crippen LogP) is 0.637. The van der Waals surface area contributed by atoms with Gasteiger partial charge < -0.3 is 24.8 Å². The summed E-state index contributed by atoms with van der Waals surface area (Å²) in [6.45, 7) is 3.96. The number of carboxylic acid groups (broad SMARTS) is 2. The molecule has 1 heterocycles. The zero-order valence-electron chi connectivity index (χ0n) is 21.1. The van der Waals surface area contributed by atoms with Gasteiger partial charge in [-0.25, -0.2) is 22.8 Å². The Kier molecular flexibility index (Phi) is 11.8. The van der Waals surface area contributed by atoms with Crippen LogP contribution in [0.3, 0.4) is 0 Å². The third kappa shape index (κ3) is 9.65. The number of β-amino-alcohol motifs (C(OH)–C–C–N with tert-alkyl or cyclic N) is 1. The molecule has 0 spiro atoms. The highest BCUT2D eigenvalue weighted by Gasteiger charge is 2.29. The molecule has 1 unspecified atom stereocenters. The number of rotatable bonds is 9. The van der Waals surface area contributed by atoms with Crippen LogP contribution in [0.25, 0.3) is 0 Å². The Labute approximate surface area is 225 Å². The zero-order chi connectivity index (χ0) is 29.0. The van der Waals surface area contributed by atoms with Crippen molar-refractivity contribution in [1.82, 2.24) is 9.21 Å². The fourth-order valence-electron chi connectivity index (χ4n) is 3.45. The van der Waals surface area contributed by atoms with Crippen molar-refractivity contribution in [3.63, 3.8) is 0 Å². The van der Waals surface area contributed by atoms with Crippen LogP contribution >= 0.6 is 0 Å². The zero-order valence-corrected chi connectivity index (χ0v) is 21.9. The fourth-order valence-corrected chi connectivity index (χ4v) is 4.87. The van der Waals surface area contributed by atoms with Crippen LogP contribution in [-0.2, 0) is 24.3 Å². The molecule has 1 saturated heterocycles. The summed E-state index contributed by atoms with van der Waals surface area (Å²) in [6.07, 6.45) is -0.737. The molecule has 1 atom stereocenters. The smallest absolute Gasteiger partial charge is 0.414 e. The Bertz CT molecular complexity index is 1250. The molecule has 3 N–H and O–H groups in total. The SMILES string of the molecule is CCOC(=O)c1ccc(S(=O)(=O)N2CCN(CC(O)COc3ccc(C#N)cc3)CC2)cc1.O=C(O)C(=O)O. The summed E-state index contributed by atoms with van der Waals surface area (Å²) in [6, 6.07) is 14.4. The molecule has 210 valence electrons. The lowest BCUT2D eigenvalue weighted by Crippen LogP contribution is -2.50. The minimum absolute atomic E-state index is 0.0945. The van der Waals surface area contributed by atoms with Gasteiger partial charge in [-0.05, 0) is 55.5 Å². The van der Waals surface area contributed by atoms with Gasteiger partial charge in [-0.3, -0.25) is 4.90 Å². The minimum atomic E-state index is -3.68. The van der Waals surface area contributed by atoms with Crippen LogP contribution in [-0.4, -0.2) is 103 Å². The highest BCUT2D eigenvalue weighted by Crippen LogP contribution is 2.19. The first kappa shape index (κ1) is 31.2. The van der Waals surface area contributed by atoms with E-state index in [1.54, 1.807) is 31.2 Å². The molecule has 0 saturated carbocycles. The Morgan fingerprint density at radius 2 is 1.54 bits per heavy atom. The monoisotopic (exact) mass is 563 g/mol. The minimum Gasteiger partial charge on any atom is -0.491 e. The van der Waals surface area contributed by atoms with Gasteiger partial charge in [0.25, 0.3) is 0 Å². The van der Waals surface area contributed by atoms with Crippen molar-refractivity contribution in [1.29, 1.82) is 5.26 Å². The summed E-state index contributed by atoms with van der Waals surface area (Å²) in [5.41, 5.74) is 0.837. The lowest BCUT2D eigenvalue weighted by atomic mass is 10.2. The molecule has 0 radical (unpaired) electrons.